The summed E-state index contributed by atoms with van der Waals surface area (Å²) in [7, 11) is 2.33. The van der Waals surface area contributed by atoms with Crippen molar-refractivity contribution in [2.24, 2.45) is 5.92 Å². The summed E-state index contributed by atoms with van der Waals surface area (Å²) in [5.41, 5.74) is 0. The van der Waals surface area contributed by atoms with Crippen LogP contribution < -0.4 is 5.32 Å². The van der Waals surface area contributed by atoms with Crippen LogP contribution in [0.25, 0.3) is 0 Å². The molecule has 2 aliphatic rings. The van der Waals surface area contributed by atoms with Gasteiger partial charge in [-0.15, -0.1) is 0 Å². The maximum absolute atomic E-state index is 3.48. The Morgan fingerprint density at radius 3 is 2.89 bits per heavy atom. The fourth-order valence-electron chi connectivity index (χ4n) is 3.41. The molecule has 106 valence electrons. The van der Waals surface area contributed by atoms with E-state index in [4.69, 9.17) is 0 Å². The Morgan fingerprint density at radius 2 is 2.06 bits per heavy atom. The van der Waals surface area contributed by atoms with Crippen molar-refractivity contribution < 1.29 is 0 Å². The van der Waals surface area contributed by atoms with Gasteiger partial charge in [0.05, 0.1) is 0 Å². The van der Waals surface area contributed by atoms with Crippen LogP contribution in [0.5, 0.6) is 0 Å². The third-order valence-corrected chi connectivity index (χ3v) is 4.73. The molecule has 0 aromatic carbocycles. The van der Waals surface area contributed by atoms with E-state index in [-0.39, 0.29) is 0 Å². The zero-order valence-corrected chi connectivity index (χ0v) is 12.3. The molecule has 0 amide bonds. The minimum absolute atomic E-state index is 0.846. The Hall–Kier alpha value is -0.120. The molecular weight excluding hydrogens is 222 g/mol. The molecule has 0 radical (unpaired) electrons. The lowest BCUT2D eigenvalue weighted by Crippen LogP contribution is -2.41. The molecule has 2 fully saturated rings. The summed E-state index contributed by atoms with van der Waals surface area (Å²) in [6.45, 7) is 9.80. The molecule has 2 unspecified atom stereocenters. The van der Waals surface area contributed by atoms with Crippen LogP contribution in [0.3, 0.4) is 0 Å². The average molecular weight is 253 g/mol. The van der Waals surface area contributed by atoms with Crippen LogP contribution in [-0.2, 0) is 0 Å². The van der Waals surface area contributed by atoms with Crippen molar-refractivity contribution in [3.05, 3.63) is 0 Å². The summed E-state index contributed by atoms with van der Waals surface area (Å²) in [6, 6.07) is 0.846. The largest absolute Gasteiger partial charge is 0.315 e. The Bertz CT molecular complexity index is 224. The van der Waals surface area contributed by atoms with E-state index >= 15 is 0 Å². The van der Waals surface area contributed by atoms with Crippen molar-refractivity contribution in [1.29, 1.82) is 0 Å². The fourth-order valence-corrected chi connectivity index (χ4v) is 3.41. The first-order valence-electron chi connectivity index (χ1n) is 7.89. The predicted octanol–water partition coefficient (Wildman–Crippen LogP) is 1.79. The third kappa shape index (κ3) is 4.52. The van der Waals surface area contributed by atoms with Crippen molar-refractivity contribution in [3.63, 3.8) is 0 Å². The van der Waals surface area contributed by atoms with E-state index in [1.807, 2.05) is 0 Å². The smallest absolute Gasteiger partial charge is 0.0110 e. The molecule has 1 aliphatic heterocycles. The number of hydrogen-bond acceptors (Lipinski definition) is 3. The summed E-state index contributed by atoms with van der Waals surface area (Å²) in [5.74, 6) is 0.939. The molecule has 1 saturated carbocycles. The Balaban J connectivity index is 1.68. The van der Waals surface area contributed by atoms with Gasteiger partial charge in [0.15, 0.2) is 0 Å². The molecule has 1 saturated heterocycles. The van der Waals surface area contributed by atoms with Gasteiger partial charge in [0.25, 0.3) is 0 Å². The van der Waals surface area contributed by atoms with Gasteiger partial charge in [-0.05, 0) is 45.3 Å². The first-order chi connectivity index (χ1) is 8.75. The quantitative estimate of drug-likeness (QED) is 0.824. The van der Waals surface area contributed by atoms with Gasteiger partial charge in [0.2, 0.25) is 0 Å². The van der Waals surface area contributed by atoms with Crippen LogP contribution in [0.15, 0.2) is 0 Å². The molecule has 0 aromatic heterocycles. The van der Waals surface area contributed by atoms with E-state index in [0.717, 1.165) is 12.0 Å². The van der Waals surface area contributed by atoms with Gasteiger partial charge in [0, 0.05) is 32.2 Å². The monoisotopic (exact) mass is 253 g/mol. The molecule has 1 aliphatic carbocycles. The molecule has 18 heavy (non-hydrogen) atoms. The highest BCUT2D eigenvalue weighted by Crippen LogP contribution is 2.26. The lowest BCUT2D eigenvalue weighted by atomic mass is 9.86. The first kappa shape index (κ1) is 14.3. The summed E-state index contributed by atoms with van der Waals surface area (Å²) in [5, 5.41) is 3.48. The second-order valence-corrected chi connectivity index (χ2v) is 6.35. The van der Waals surface area contributed by atoms with Gasteiger partial charge in [-0.1, -0.05) is 19.8 Å². The van der Waals surface area contributed by atoms with E-state index in [1.54, 1.807) is 0 Å². The highest BCUT2D eigenvalue weighted by atomic mass is 15.2. The van der Waals surface area contributed by atoms with Crippen LogP contribution >= 0.6 is 0 Å². The van der Waals surface area contributed by atoms with Crippen LogP contribution in [-0.4, -0.2) is 62.2 Å². The van der Waals surface area contributed by atoms with Crippen molar-refractivity contribution in [3.8, 4) is 0 Å². The second kappa shape index (κ2) is 7.46. The van der Waals surface area contributed by atoms with E-state index in [1.165, 1.54) is 71.4 Å². The summed E-state index contributed by atoms with van der Waals surface area (Å²) in [6.07, 6.45) is 7.02. The summed E-state index contributed by atoms with van der Waals surface area (Å²) >= 11 is 0. The topological polar surface area (TPSA) is 18.5 Å². The van der Waals surface area contributed by atoms with Gasteiger partial charge in [-0.25, -0.2) is 0 Å². The van der Waals surface area contributed by atoms with E-state index < -0.39 is 0 Å². The highest BCUT2D eigenvalue weighted by Gasteiger charge is 2.22. The molecule has 1 heterocycles. The number of nitrogens with one attached hydrogen (secondary N) is 1. The van der Waals surface area contributed by atoms with Crippen LogP contribution in [0.2, 0.25) is 0 Å². The lowest BCUT2D eigenvalue weighted by Gasteiger charge is -2.35. The fraction of sp³-hybridized carbons (Fsp3) is 1.00. The maximum Gasteiger partial charge on any atom is 0.0110 e. The van der Waals surface area contributed by atoms with E-state index in [2.05, 4.69) is 29.1 Å². The molecule has 0 spiro atoms. The number of nitrogens with zero attached hydrogens (tertiary/aromatic N) is 2. The Labute approximate surface area is 113 Å². The molecule has 2 atom stereocenters. The minimum atomic E-state index is 0.846. The first-order valence-corrected chi connectivity index (χ1v) is 7.89. The number of likely N-dealkylation sites (N-methyl/N-ethyl adjacent to an activating group) is 1. The minimum Gasteiger partial charge on any atom is -0.315 e. The Morgan fingerprint density at radius 1 is 1.17 bits per heavy atom. The summed E-state index contributed by atoms with van der Waals surface area (Å²) in [4.78, 5) is 5.25. The lowest BCUT2D eigenvalue weighted by molar-refractivity contribution is 0.144. The normalized spacial score (nSPS) is 31.5. The van der Waals surface area contributed by atoms with Gasteiger partial charge in [0.1, 0.15) is 0 Å². The SMILES string of the molecule is CC1CCCC(N(C)CCN2CCCNCC2)C1. The number of rotatable bonds is 4. The van der Waals surface area contributed by atoms with Crippen molar-refractivity contribution in [1.82, 2.24) is 15.1 Å². The highest BCUT2D eigenvalue weighted by molar-refractivity contribution is 4.78. The number of hydrogen-bond donors (Lipinski definition) is 1. The molecule has 0 bridgehead atoms. The van der Waals surface area contributed by atoms with Gasteiger partial charge in [-0.2, -0.15) is 0 Å². The molecule has 1 N–H and O–H groups in total. The summed E-state index contributed by atoms with van der Waals surface area (Å²) < 4.78 is 0. The second-order valence-electron chi connectivity index (χ2n) is 6.35. The molecular formula is C15H31N3. The molecule has 0 aromatic rings. The zero-order chi connectivity index (χ0) is 12.8. The molecule has 3 heteroatoms. The Kier molecular flexibility index (Phi) is 5.93. The van der Waals surface area contributed by atoms with Gasteiger partial charge in [-0.3, -0.25) is 0 Å². The zero-order valence-electron chi connectivity index (χ0n) is 12.3. The van der Waals surface area contributed by atoms with Crippen LogP contribution in [0, 0.1) is 5.92 Å². The third-order valence-electron chi connectivity index (χ3n) is 4.73. The average Bonchev–Trinajstić information content (AvgIpc) is 2.64. The van der Waals surface area contributed by atoms with E-state index in [0.29, 0.717) is 0 Å². The predicted molar refractivity (Wildman–Crippen MR) is 78.0 cm³/mol. The van der Waals surface area contributed by atoms with Crippen molar-refractivity contribution in [2.75, 3.05) is 46.3 Å². The van der Waals surface area contributed by atoms with Gasteiger partial charge < -0.3 is 15.1 Å². The van der Waals surface area contributed by atoms with Crippen molar-refractivity contribution in [2.45, 2.75) is 45.1 Å². The maximum atomic E-state index is 3.48. The van der Waals surface area contributed by atoms with Gasteiger partial charge >= 0.3 is 0 Å². The van der Waals surface area contributed by atoms with E-state index in [9.17, 15) is 0 Å². The van der Waals surface area contributed by atoms with Crippen molar-refractivity contribution >= 4 is 0 Å². The standard InChI is InChI=1S/C15H31N3/c1-14-5-3-6-15(13-14)17(2)11-12-18-9-4-7-16-8-10-18/h14-16H,3-13H2,1-2H3. The van der Waals surface area contributed by atoms with Crippen LogP contribution in [0.1, 0.15) is 39.0 Å². The van der Waals surface area contributed by atoms with Crippen LogP contribution in [0.4, 0.5) is 0 Å². The molecule has 3 nitrogen and oxygen atoms in total. The molecule has 2 rings (SSSR count).